The van der Waals surface area contributed by atoms with Crippen LogP contribution in [0.15, 0.2) is 0 Å². The standard InChI is InChI=1S/C4H10N2O2/c1-3(8)4(2-7)6-5/h4,6-7H,2,5H2,1H3. The Hall–Kier alpha value is -0.450. The number of ketones is 1. The molecule has 0 aliphatic carbocycles. The second-order valence-corrected chi connectivity index (χ2v) is 1.51. The van der Waals surface area contributed by atoms with Crippen LogP contribution in [0.5, 0.6) is 0 Å². The van der Waals surface area contributed by atoms with Crippen molar-refractivity contribution < 1.29 is 9.90 Å². The van der Waals surface area contributed by atoms with Gasteiger partial charge >= 0.3 is 0 Å². The van der Waals surface area contributed by atoms with Crippen LogP contribution in [0, 0.1) is 0 Å². The summed E-state index contributed by atoms with van der Waals surface area (Å²) in [4.78, 5) is 10.3. The third-order valence-corrected chi connectivity index (χ3v) is 0.874. The lowest BCUT2D eigenvalue weighted by atomic mass is 10.2. The van der Waals surface area contributed by atoms with Gasteiger partial charge < -0.3 is 5.11 Å². The summed E-state index contributed by atoms with van der Waals surface area (Å²) < 4.78 is 0. The van der Waals surface area contributed by atoms with Crippen molar-refractivity contribution in [2.24, 2.45) is 5.84 Å². The molecule has 0 saturated heterocycles. The van der Waals surface area contributed by atoms with Gasteiger partial charge in [-0.2, -0.15) is 0 Å². The van der Waals surface area contributed by atoms with Crippen molar-refractivity contribution in [3.8, 4) is 0 Å². The lowest BCUT2D eigenvalue weighted by Crippen LogP contribution is -2.42. The minimum absolute atomic E-state index is 0.157. The Morgan fingerprint density at radius 2 is 2.50 bits per heavy atom. The molecule has 0 fully saturated rings. The normalized spacial score (nSPS) is 13.4. The van der Waals surface area contributed by atoms with Gasteiger partial charge in [0.1, 0.15) is 11.8 Å². The molecule has 4 heteroatoms. The number of rotatable bonds is 3. The largest absolute Gasteiger partial charge is 0.394 e. The summed E-state index contributed by atoms with van der Waals surface area (Å²) in [7, 11) is 0. The van der Waals surface area contributed by atoms with E-state index in [4.69, 9.17) is 10.9 Å². The monoisotopic (exact) mass is 118 g/mol. The fourth-order valence-corrected chi connectivity index (χ4v) is 0.299. The Morgan fingerprint density at radius 1 is 2.00 bits per heavy atom. The van der Waals surface area contributed by atoms with Crippen LogP contribution in [0.3, 0.4) is 0 Å². The molecule has 0 aliphatic rings. The van der Waals surface area contributed by atoms with Crippen LogP contribution in [-0.4, -0.2) is 23.5 Å². The number of aliphatic hydroxyl groups is 1. The lowest BCUT2D eigenvalue weighted by molar-refractivity contribution is -0.119. The van der Waals surface area contributed by atoms with Crippen molar-refractivity contribution in [1.82, 2.24) is 5.43 Å². The number of carbonyl (C=O) groups excluding carboxylic acids is 1. The average Bonchev–Trinajstić information content (AvgIpc) is 1.69. The number of aliphatic hydroxyl groups excluding tert-OH is 1. The Bertz CT molecular complexity index is 80.1. The molecule has 0 aromatic rings. The minimum atomic E-state index is -0.602. The van der Waals surface area contributed by atoms with Gasteiger partial charge in [0.25, 0.3) is 0 Å². The van der Waals surface area contributed by atoms with E-state index in [1.54, 1.807) is 0 Å². The molecule has 0 aliphatic heterocycles. The van der Waals surface area contributed by atoms with Crippen LogP contribution >= 0.6 is 0 Å². The van der Waals surface area contributed by atoms with Gasteiger partial charge in [0, 0.05) is 0 Å². The summed E-state index contributed by atoms with van der Waals surface area (Å²) in [5.41, 5.74) is 2.15. The number of nitrogens with one attached hydrogen (secondary N) is 1. The van der Waals surface area contributed by atoms with E-state index in [0.29, 0.717) is 0 Å². The molecule has 0 aromatic carbocycles. The molecule has 0 radical (unpaired) electrons. The third kappa shape index (κ3) is 2.02. The summed E-state index contributed by atoms with van der Waals surface area (Å²) in [6.07, 6.45) is 0. The van der Waals surface area contributed by atoms with Crippen LogP contribution in [0.25, 0.3) is 0 Å². The molecular weight excluding hydrogens is 108 g/mol. The maximum atomic E-state index is 10.3. The average molecular weight is 118 g/mol. The van der Waals surface area contributed by atoms with Gasteiger partial charge in [0.05, 0.1) is 6.61 Å². The molecule has 4 N–H and O–H groups in total. The van der Waals surface area contributed by atoms with Crippen LogP contribution in [0.1, 0.15) is 6.92 Å². The maximum absolute atomic E-state index is 10.3. The van der Waals surface area contributed by atoms with E-state index in [1.807, 2.05) is 0 Å². The molecule has 0 saturated carbocycles. The molecule has 0 heterocycles. The van der Waals surface area contributed by atoms with Gasteiger partial charge in [-0.3, -0.25) is 10.6 Å². The highest BCUT2D eigenvalue weighted by Gasteiger charge is 2.07. The quantitative estimate of drug-likeness (QED) is 0.308. The van der Waals surface area contributed by atoms with Gasteiger partial charge in [-0.05, 0) is 6.92 Å². The number of carbonyl (C=O) groups is 1. The van der Waals surface area contributed by atoms with Crippen molar-refractivity contribution in [2.75, 3.05) is 6.61 Å². The zero-order valence-electron chi connectivity index (χ0n) is 4.72. The van der Waals surface area contributed by atoms with E-state index in [1.165, 1.54) is 6.92 Å². The van der Waals surface area contributed by atoms with Crippen molar-refractivity contribution in [2.45, 2.75) is 13.0 Å². The predicted molar refractivity (Wildman–Crippen MR) is 28.9 cm³/mol. The molecule has 0 spiro atoms. The first-order valence-electron chi connectivity index (χ1n) is 2.29. The molecule has 1 unspecified atom stereocenters. The van der Waals surface area contributed by atoms with Crippen LogP contribution in [0.4, 0.5) is 0 Å². The Labute approximate surface area is 47.6 Å². The van der Waals surface area contributed by atoms with Gasteiger partial charge in [-0.1, -0.05) is 0 Å². The maximum Gasteiger partial charge on any atom is 0.150 e. The summed E-state index contributed by atoms with van der Waals surface area (Å²) in [5.74, 6) is 4.70. The second kappa shape index (κ2) is 3.54. The summed E-state index contributed by atoms with van der Waals surface area (Å²) in [5, 5.41) is 8.33. The Balaban J connectivity index is 3.52. The Kier molecular flexibility index (Phi) is 3.34. The zero-order chi connectivity index (χ0) is 6.57. The molecule has 0 bridgehead atoms. The van der Waals surface area contributed by atoms with Gasteiger partial charge in [-0.15, -0.1) is 0 Å². The van der Waals surface area contributed by atoms with Crippen molar-refractivity contribution in [3.05, 3.63) is 0 Å². The fourth-order valence-electron chi connectivity index (χ4n) is 0.299. The predicted octanol–water partition coefficient (Wildman–Crippen LogP) is -1.60. The Morgan fingerprint density at radius 3 is 2.50 bits per heavy atom. The van der Waals surface area contributed by atoms with Crippen LogP contribution < -0.4 is 11.3 Å². The van der Waals surface area contributed by atoms with Crippen molar-refractivity contribution in [1.29, 1.82) is 0 Å². The number of Topliss-reactive ketones (excluding diaryl/α,β-unsaturated/α-hetero) is 1. The number of hydrogen-bond acceptors (Lipinski definition) is 4. The smallest absolute Gasteiger partial charge is 0.150 e. The van der Waals surface area contributed by atoms with E-state index in [2.05, 4.69) is 5.43 Å². The summed E-state index contributed by atoms with van der Waals surface area (Å²) in [6, 6.07) is -0.602. The number of hydrazine groups is 1. The molecule has 0 aromatic heterocycles. The van der Waals surface area contributed by atoms with Crippen molar-refractivity contribution >= 4 is 5.78 Å². The second-order valence-electron chi connectivity index (χ2n) is 1.51. The van der Waals surface area contributed by atoms with Gasteiger partial charge in [0.2, 0.25) is 0 Å². The molecule has 1 atom stereocenters. The van der Waals surface area contributed by atoms with Gasteiger partial charge in [0.15, 0.2) is 0 Å². The molecular formula is C4H10N2O2. The molecule has 48 valence electrons. The number of hydrogen-bond donors (Lipinski definition) is 3. The first-order valence-corrected chi connectivity index (χ1v) is 2.29. The molecule has 0 amide bonds. The minimum Gasteiger partial charge on any atom is -0.394 e. The topological polar surface area (TPSA) is 75.3 Å². The summed E-state index contributed by atoms with van der Waals surface area (Å²) in [6.45, 7) is 1.12. The lowest BCUT2D eigenvalue weighted by Gasteiger charge is -2.05. The van der Waals surface area contributed by atoms with E-state index < -0.39 is 6.04 Å². The molecule has 4 nitrogen and oxygen atoms in total. The summed E-state index contributed by atoms with van der Waals surface area (Å²) >= 11 is 0. The highest BCUT2D eigenvalue weighted by Crippen LogP contribution is 1.78. The first-order chi connectivity index (χ1) is 3.72. The van der Waals surface area contributed by atoms with Crippen LogP contribution in [0.2, 0.25) is 0 Å². The third-order valence-electron chi connectivity index (χ3n) is 0.874. The SMILES string of the molecule is CC(=O)C(CO)NN. The first kappa shape index (κ1) is 7.55. The van der Waals surface area contributed by atoms with E-state index in [9.17, 15) is 4.79 Å². The van der Waals surface area contributed by atoms with E-state index in [-0.39, 0.29) is 12.4 Å². The van der Waals surface area contributed by atoms with E-state index >= 15 is 0 Å². The number of nitrogens with two attached hydrogens (primary N) is 1. The van der Waals surface area contributed by atoms with Crippen LogP contribution in [-0.2, 0) is 4.79 Å². The van der Waals surface area contributed by atoms with Gasteiger partial charge in [-0.25, -0.2) is 5.43 Å². The zero-order valence-corrected chi connectivity index (χ0v) is 4.72. The van der Waals surface area contributed by atoms with E-state index in [0.717, 1.165) is 0 Å². The molecule has 0 rings (SSSR count). The molecule has 8 heavy (non-hydrogen) atoms. The highest BCUT2D eigenvalue weighted by atomic mass is 16.3. The van der Waals surface area contributed by atoms with Crippen molar-refractivity contribution in [3.63, 3.8) is 0 Å². The fraction of sp³-hybridized carbons (Fsp3) is 0.750. The highest BCUT2D eigenvalue weighted by molar-refractivity contribution is 5.81.